The summed E-state index contributed by atoms with van der Waals surface area (Å²) in [6.07, 6.45) is 0.566. The molecule has 0 radical (unpaired) electrons. The van der Waals surface area contributed by atoms with Crippen molar-refractivity contribution in [3.8, 4) is 0 Å². The molecular weight excluding hydrogens is 236 g/mol. The summed E-state index contributed by atoms with van der Waals surface area (Å²) in [4.78, 5) is 14.4. The van der Waals surface area contributed by atoms with Gasteiger partial charge in [0.2, 0.25) is 0 Å². The van der Waals surface area contributed by atoms with Crippen LogP contribution in [0.1, 0.15) is 22.3 Å². The lowest BCUT2D eigenvalue weighted by molar-refractivity contribution is -0.119. The number of ketones is 1. The maximum absolute atomic E-state index is 12.2. The molecule has 0 amide bonds. The van der Waals surface area contributed by atoms with Gasteiger partial charge in [-0.25, -0.2) is 0 Å². The first-order chi connectivity index (χ1) is 9.06. The van der Waals surface area contributed by atoms with E-state index in [0.29, 0.717) is 18.7 Å². The largest absolute Gasteiger partial charge is 0.314 e. The van der Waals surface area contributed by atoms with E-state index >= 15 is 0 Å². The topological polar surface area (TPSA) is 32.3 Å². The van der Waals surface area contributed by atoms with E-state index in [1.165, 1.54) is 22.3 Å². The molecule has 104 valence electrons. The zero-order chi connectivity index (χ0) is 13.8. The SMILES string of the molecule is Cc1cc(C)c(CC(=O)CN2CCNCC2)cc1C. The minimum absolute atomic E-state index is 0.327. The number of aryl methyl sites for hydroxylation is 3. The van der Waals surface area contributed by atoms with Crippen LogP contribution >= 0.6 is 0 Å². The molecule has 1 fully saturated rings. The Kier molecular flexibility index (Phi) is 4.72. The van der Waals surface area contributed by atoms with Gasteiger partial charge in [-0.05, 0) is 43.0 Å². The normalized spacial score (nSPS) is 16.6. The second kappa shape index (κ2) is 6.31. The van der Waals surface area contributed by atoms with Crippen LogP contribution in [0.4, 0.5) is 0 Å². The van der Waals surface area contributed by atoms with Crippen molar-refractivity contribution in [2.75, 3.05) is 32.7 Å². The fraction of sp³-hybridized carbons (Fsp3) is 0.562. The lowest BCUT2D eigenvalue weighted by Gasteiger charge is -2.26. The number of piperazine rings is 1. The quantitative estimate of drug-likeness (QED) is 0.893. The van der Waals surface area contributed by atoms with Crippen molar-refractivity contribution >= 4 is 5.78 Å². The molecule has 2 rings (SSSR count). The Bertz CT molecular complexity index is 462. The average molecular weight is 260 g/mol. The van der Waals surface area contributed by atoms with Crippen molar-refractivity contribution in [2.45, 2.75) is 27.2 Å². The summed E-state index contributed by atoms with van der Waals surface area (Å²) in [5, 5.41) is 3.31. The Morgan fingerprint density at radius 1 is 1.11 bits per heavy atom. The molecule has 0 bridgehead atoms. The van der Waals surface area contributed by atoms with Gasteiger partial charge >= 0.3 is 0 Å². The number of Topliss-reactive ketones (excluding diaryl/α,β-unsaturated/α-hetero) is 1. The van der Waals surface area contributed by atoms with Crippen LogP contribution in [-0.2, 0) is 11.2 Å². The molecule has 19 heavy (non-hydrogen) atoms. The van der Waals surface area contributed by atoms with Gasteiger partial charge in [-0.2, -0.15) is 0 Å². The maximum Gasteiger partial charge on any atom is 0.151 e. The highest BCUT2D eigenvalue weighted by atomic mass is 16.1. The molecule has 1 aliphatic rings. The zero-order valence-electron chi connectivity index (χ0n) is 12.3. The Labute approximate surface area is 116 Å². The molecule has 1 saturated heterocycles. The Morgan fingerprint density at radius 2 is 1.74 bits per heavy atom. The molecule has 1 aliphatic heterocycles. The molecule has 0 aromatic heterocycles. The maximum atomic E-state index is 12.2. The second-order valence-corrected chi connectivity index (χ2v) is 5.60. The first-order valence-corrected chi connectivity index (χ1v) is 7.08. The number of hydrogen-bond donors (Lipinski definition) is 1. The summed E-state index contributed by atoms with van der Waals surface area (Å²) in [6.45, 7) is 10.9. The third kappa shape index (κ3) is 3.88. The first kappa shape index (κ1) is 14.2. The second-order valence-electron chi connectivity index (χ2n) is 5.60. The van der Waals surface area contributed by atoms with Crippen LogP contribution < -0.4 is 5.32 Å². The Balaban J connectivity index is 1.96. The van der Waals surface area contributed by atoms with E-state index < -0.39 is 0 Å². The minimum atomic E-state index is 0.327. The van der Waals surface area contributed by atoms with E-state index in [-0.39, 0.29) is 0 Å². The third-order valence-corrected chi connectivity index (χ3v) is 3.95. The number of carbonyl (C=O) groups excluding carboxylic acids is 1. The van der Waals surface area contributed by atoms with Crippen molar-refractivity contribution in [3.63, 3.8) is 0 Å². The smallest absolute Gasteiger partial charge is 0.151 e. The predicted octanol–water partition coefficient (Wildman–Crippen LogP) is 1.63. The van der Waals surface area contributed by atoms with Crippen LogP contribution in [0, 0.1) is 20.8 Å². The van der Waals surface area contributed by atoms with Crippen molar-refractivity contribution in [3.05, 3.63) is 34.4 Å². The number of nitrogens with one attached hydrogen (secondary N) is 1. The molecule has 3 nitrogen and oxygen atoms in total. The standard InChI is InChI=1S/C16H24N2O/c1-12-8-14(3)15(9-13(12)2)10-16(19)11-18-6-4-17-5-7-18/h8-9,17H,4-7,10-11H2,1-3H3. The van der Waals surface area contributed by atoms with Gasteiger partial charge in [0.05, 0.1) is 6.54 Å². The predicted molar refractivity (Wildman–Crippen MR) is 78.7 cm³/mol. The van der Waals surface area contributed by atoms with Crippen LogP contribution in [-0.4, -0.2) is 43.4 Å². The van der Waals surface area contributed by atoms with E-state index in [1.807, 2.05) is 0 Å². The molecule has 0 saturated carbocycles. The number of hydrogen-bond acceptors (Lipinski definition) is 3. The van der Waals surface area contributed by atoms with E-state index in [1.54, 1.807) is 0 Å². The van der Waals surface area contributed by atoms with Gasteiger partial charge in [0.25, 0.3) is 0 Å². The van der Waals surface area contributed by atoms with Gasteiger partial charge in [-0.3, -0.25) is 9.69 Å². The fourth-order valence-electron chi connectivity index (χ4n) is 2.60. The molecule has 1 heterocycles. The molecular formula is C16H24N2O. The van der Waals surface area contributed by atoms with Gasteiger partial charge in [-0.15, -0.1) is 0 Å². The van der Waals surface area contributed by atoms with Crippen LogP contribution in [0.25, 0.3) is 0 Å². The van der Waals surface area contributed by atoms with Crippen LogP contribution in [0.5, 0.6) is 0 Å². The molecule has 0 aliphatic carbocycles. The Hall–Kier alpha value is -1.19. The third-order valence-electron chi connectivity index (χ3n) is 3.95. The summed E-state index contributed by atoms with van der Waals surface area (Å²) in [5.74, 6) is 0.327. The number of benzene rings is 1. The molecule has 0 spiro atoms. The fourth-order valence-corrected chi connectivity index (χ4v) is 2.60. The number of carbonyl (C=O) groups is 1. The molecule has 1 aromatic rings. The summed E-state index contributed by atoms with van der Waals surface area (Å²) in [7, 11) is 0. The van der Waals surface area contributed by atoms with Crippen LogP contribution in [0.3, 0.4) is 0 Å². The molecule has 0 unspecified atom stereocenters. The number of nitrogens with zero attached hydrogens (tertiary/aromatic N) is 1. The van der Waals surface area contributed by atoms with Gasteiger partial charge < -0.3 is 5.32 Å². The van der Waals surface area contributed by atoms with Crippen LogP contribution in [0.15, 0.2) is 12.1 Å². The van der Waals surface area contributed by atoms with Crippen molar-refractivity contribution < 1.29 is 4.79 Å². The summed E-state index contributed by atoms with van der Waals surface area (Å²) in [6, 6.07) is 4.35. The van der Waals surface area contributed by atoms with Crippen molar-refractivity contribution in [1.29, 1.82) is 0 Å². The zero-order valence-corrected chi connectivity index (χ0v) is 12.3. The van der Waals surface area contributed by atoms with E-state index in [2.05, 4.69) is 43.1 Å². The summed E-state index contributed by atoms with van der Waals surface area (Å²) < 4.78 is 0. The first-order valence-electron chi connectivity index (χ1n) is 7.08. The lowest BCUT2D eigenvalue weighted by Crippen LogP contribution is -2.45. The van der Waals surface area contributed by atoms with Gasteiger partial charge in [0.15, 0.2) is 5.78 Å². The molecule has 3 heteroatoms. The summed E-state index contributed by atoms with van der Waals surface area (Å²) in [5.41, 5.74) is 4.99. The van der Waals surface area contributed by atoms with E-state index in [0.717, 1.165) is 26.2 Å². The van der Waals surface area contributed by atoms with Gasteiger partial charge in [0, 0.05) is 32.6 Å². The molecule has 1 N–H and O–H groups in total. The lowest BCUT2D eigenvalue weighted by atomic mass is 9.97. The average Bonchev–Trinajstić information content (AvgIpc) is 2.37. The molecule has 1 aromatic carbocycles. The van der Waals surface area contributed by atoms with Gasteiger partial charge in [-0.1, -0.05) is 12.1 Å². The Morgan fingerprint density at radius 3 is 2.42 bits per heavy atom. The summed E-state index contributed by atoms with van der Waals surface area (Å²) >= 11 is 0. The number of rotatable bonds is 4. The van der Waals surface area contributed by atoms with Crippen LogP contribution in [0.2, 0.25) is 0 Å². The minimum Gasteiger partial charge on any atom is -0.314 e. The highest BCUT2D eigenvalue weighted by molar-refractivity contribution is 5.83. The highest BCUT2D eigenvalue weighted by Crippen LogP contribution is 2.16. The van der Waals surface area contributed by atoms with E-state index in [4.69, 9.17) is 0 Å². The van der Waals surface area contributed by atoms with Crippen molar-refractivity contribution in [1.82, 2.24) is 10.2 Å². The molecule has 0 atom stereocenters. The van der Waals surface area contributed by atoms with Gasteiger partial charge in [0.1, 0.15) is 0 Å². The van der Waals surface area contributed by atoms with E-state index in [9.17, 15) is 4.79 Å². The monoisotopic (exact) mass is 260 g/mol. The van der Waals surface area contributed by atoms with Crippen molar-refractivity contribution in [2.24, 2.45) is 0 Å². The highest BCUT2D eigenvalue weighted by Gasteiger charge is 2.14.